The highest BCUT2D eigenvalue weighted by atomic mass is 79.9. The van der Waals surface area contributed by atoms with Gasteiger partial charge in [0.25, 0.3) is 0 Å². The van der Waals surface area contributed by atoms with Gasteiger partial charge in [0.1, 0.15) is 14.4 Å². The predicted octanol–water partition coefficient (Wildman–Crippen LogP) is 1.70. The standard InChI is InChI=1S/C16H14BBrN2O3/c1-23-16(22)19-15(21)8-20-13-4-2-9(17)6-11(13)12-7-10(18)3-5-14(12)20/h2-7H,8,17H2,1H3,(H,19,21,22). The zero-order valence-corrected chi connectivity index (χ0v) is 14.3. The van der Waals surface area contributed by atoms with Crippen molar-refractivity contribution in [1.29, 1.82) is 0 Å². The third kappa shape index (κ3) is 2.96. The fraction of sp³-hybridized carbons (Fsp3) is 0.125. The summed E-state index contributed by atoms with van der Waals surface area (Å²) in [7, 11) is 3.26. The lowest BCUT2D eigenvalue weighted by atomic mass is 9.94. The van der Waals surface area contributed by atoms with E-state index in [4.69, 9.17) is 0 Å². The summed E-state index contributed by atoms with van der Waals surface area (Å²) in [5, 5.41) is 4.33. The van der Waals surface area contributed by atoms with E-state index in [0.717, 1.165) is 31.7 Å². The van der Waals surface area contributed by atoms with Gasteiger partial charge in [-0.1, -0.05) is 33.5 Å². The highest BCUT2D eigenvalue weighted by Crippen LogP contribution is 2.30. The molecule has 0 aliphatic heterocycles. The van der Waals surface area contributed by atoms with E-state index in [1.807, 2.05) is 42.7 Å². The van der Waals surface area contributed by atoms with E-state index in [9.17, 15) is 9.59 Å². The molecular weight excluding hydrogens is 359 g/mol. The van der Waals surface area contributed by atoms with Crippen LogP contribution in [0, 0.1) is 0 Å². The molecule has 0 bridgehead atoms. The van der Waals surface area contributed by atoms with Crippen molar-refractivity contribution in [3.05, 3.63) is 40.9 Å². The fourth-order valence-corrected chi connectivity index (χ4v) is 3.07. The number of imide groups is 1. The molecule has 0 unspecified atom stereocenters. The van der Waals surface area contributed by atoms with E-state index in [1.165, 1.54) is 7.11 Å². The van der Waals surface area contributed by atoms with E-state index < -0.39 is 12.0 Å². The number of benzene rings is 2. The summed E-state index contributed by atoms with van der Waals surface area (Å²) in [6.07, 6.45) is -0.755. The third-order valence-electron chi connectivity index (χ3n) is 3.71. The van der Waals surface area contributed by atoms with E-state index in [-0.39, 0.29) is 6.54 Å². The van der Waals surface area contributed by atoms with Crippen LogP contribution >= 0.6 is 15.9 Å². The van der Waals surface area contributed by atoms with Gasteiger partial charge in [0, 0.05) is 26.3 Å². The molecule has 7 heteroatoms. The zero-order valence-electron chi connectivity index (χ0n) is 12.7. The first-order valence-corrected chi connectivity index (χ1v) is 7.85. The van der Waals surface area contributed by atoms with Crippen molar-refractivity contribution in [3.63, 3.8) is 0 Å². The number of carbonyl (C=O) groups excluding carboxylic acids is 2. The number of nitrogens with zero attached hydrogens (tertiary/aromatic N) is 1. The number of ether oxygens (including phenoxy) is 1. The maximum absolute atomic E-state index is 12.1. The molecule has 2 aromatic carbocycles. The smallest absolute Gasteiger partial charge is 0.413 e. The second-order valence-corrected chi connectivity index (χ2v) is 6.22. The highest BCUT2D eigenvalue weighted by Gasteiger charge is 2.15. The first-order valence-electron chi connectivity index (χ1n) is 7.05. The normalized spacial score (nSPS) is 10.9. The number of amides is 2. The van der Waals surface area contributed by atoms with E-state index in [0.29, 0.717) is 0 Å². The van der Waals surface area contributed by atoms with Crippen LogP contribution in [0.5, 0.6) is 0 Å². The Bertz CT molecular complexity index is 877. The number of carbonyl (C=O) groups is 2. The van der Waals surface area contributed by atoms with Crippen LogP contribution in [0.25, 0.3) is 21.8 Å². The molecule has 23 heavy (non-hydrogen) atoms. The minimum Gasteiger partial charge on any atom is -0.453 e. The van der Waals surface area contributed by atoms with Gasteiger partial charge >= 0.3 is 6.09 Å². The molecule has 3 aromatic rings. The molecule has 0 fully saturated rings. The summed E-state index contributed by atoms with van der Waals surface area (Å²) in [5.41, 5.74) is 3.04. The molecule has 0 aliphatic rings. The Hall–Kier alpha value is -2.28. The molecule has 1 aromatic heterocycles. The van der Waals surface area contributed by atoms with Crippen molar-refractivity contribution in [2.45, 2.75) is 6.54 Å². The van der Waals surface area contributed by atoms with Crippen LogP contribution in [0.3, 0.4) is 0 Å². The average molecular weight is 373 g/mol. The van der Waals surface area contributed by atoms with Crippen molar-refractivity contribution in [2.24, 2.45) is 0 Å². The van der Waals surface area contributed by atoms with Crippen molar-refractivity contribution in [2.75, 3.05) is 7.11 Å². The number of alkyl carbamates (subject to hydrolysis) is 1. The molecule has 0 saturated carbocycles. The Kier molecular flexibility index (Phi) is 4.13. The first-order chi connectivity index (χ1) is 11.0. The van der Waals surface area contributed by atoms with Crippen molar-refractivity contribution < 1.29 is 14.3 Å². The number of halogens is 1. The van der Waals surface area contributed by atoms with Gasteiger partial charge in [-0.05, 0) is 24.3 Å². The van der Waals surface area contributed by atoms with Gasteiger partial charge in [-0.25, -0.2) is 4.79 Å². The maximum Gasteiger partial charge on any atom is 0.413 e. The van der Waals surface area contributed by atoms with E-state index >= 15 is 0 Å². The molecule has 0 spiro atoms. The quantitative estimate of drug-likeness (QED) is 0.696. The monoisotopic (exact) mass is 372 g/mol. The molecule has 1 heterocycles. The molecule has 0 radical (unpaired) electrons. The predicted molar refractivity (Wildman–Crippen MR) is 95.9 cm³/mol. The lowest BCUT2D eigenvalue weighted by Gasteiger charge is -2.07. The molecule has 116 valence electrons. The Labute approximate surface area is 142 Å². The summed E-state index contributed by atoms with van der Waals surface area (Å²) in [6, 6.07) is 12.0. The van der Waals surface area contributed by atoms with Crippen molar-refractivity contribution >= 4 is 63.0 Å². The number of aromatic nitrogens is 1. The van der Waals surface area contributed by atoms with Crippen molar-refractivity contribution in [3.8, 4) is 0 Å². The number of rotatable bonds is 2. The highest BCUT2D eigenvalue weighted by molar-refractivity contribution is 9.10. The van der Waals surface area contributed by atoms with E-state index in [1.54, 1.807) is 0 Å². The second kappa shape index (κ2) is 6.08. The molecule has 0 atom stereocenters. The van der Waals surface area contributed by atoms with Gasteiger partial charge in [-0.15, -0.1) is 0 Å². The van der Waals surface area contributed by atoms with Crippen LogP contribution in [0.4, 0.5) is 4.79 Å². The van der Waals surface area contributed by atoms with Crippen LogP contribution in [0.2, 0.25) is 0 Å². The van der Waals surface area contributed by atoms with Gasteiger partial charge < -0.3 is 9.30 Å². The molecule has 1 N–H and O–H groups in total. The number of methoxy groups -OCH3 is 1. The summed E-state index contributed by atoms with van der Waals surface area (Å²) in [4.78, 5) is 23.3. The number of fused-ring (bicyclic) bond motifs is 3. The van der Waals surface area contributed by atoms with Crippen LogP contribution in [0.1, 0.15) is 0 Å². The Morgan fingerprint density at radius 3 is 2.52 bits per heavy atom. The Morgan fingerprint density at radius 1 is 1.17 bits per heavy atom. The van der Waals surface area contributed by atoms with Crippen LogP contribution < -0.4 is 10.8 Å². The number of nitrogens with one attached hydrogen (secondary N) is 1. The summed E-state index contributed by atoms with van der Waals surface area (Å²) < 4.78 is 7.33. The summed E-state index contributed by atoms with van der Waals surface area (Å²) >= 11 is 3.49. The largest absolute Gasteiger partial charge is 0.453 e. The second-order valence-electron chi connectivity index (χ2n) is 5.31. The third-order valence-corrected chi connectivity index (χ3v) is 4.20. The zero-order chi connectivity index (χ0) is 16.6. The topological polar surface area (TPSA) is 60.3 Å². The van der Waals surface area contributed by atoms with Gasteiger partial charge in [-0.3, -0.25) is 10.1 Å². The molecule has 3 rings (SSSR count). The van der Waals surface area contributed by atoms with Gasteiger partial charge in [0.2, 0.25) is 5.91 Å². The van der Waals surface area contributed by atoms with Crippen LogP contribution in [-0.2, 0) is 16.1 Å². The minimum absolute atomic E-state index is 0.0415. The molecule has 0 saturated heterocycles. The minimum atomic E-state index is -0.755. The SMILES string of the molecule is Bc1ccc2c(c1)c1cc(Br)ccc1n2CC(=O)NC(=O)OC. The van der Waals surface area contributed by atoms with Crippen LogP contribution in [0.15, 0.2) is 40.9 Å². The average Bonchev–Trinajstić information content (AvgIpc) is 2.80. The Morgan fingerprint density at radius 2 is 1.83 bits per heavy atom. The number of hydrogen-bond donors (Lipinski definition) is 1. The van der Waals surface area contributed by atoms with Crippen molar-refractivity contribution in [1.82, 2.24) is 9.88 Å². The lowest BCUT2D eigenvalue weighted by molar-refractivity contribution is -0.120. The maximum atomic E-state index is 12.1. The van der Waals surface area contributed by atoms with Gasteiger partial charge in [0.05, 0.1) is 7.11 Å². The van der Waals surface area contributed by atoms with E-state index in [2.05, 4.69) is 32.0 Å². The summed E-state index contributed by atoms with van der Waals surface area (Å²) in [5.74, 6) is -0.417. The molecule has 5 nitrogen and oxygen atoms in total. The van der Waals surface area contributed by atoms with Gasteiger partial charge in [0.15, 0.2) is 0 Å². The number of hydrogen-bond acceptors (Lipinski definition) is 3. The van der Waals surface area contributed by atoms with Crippen LogP contribution in [-0.4, -0.2) is 31.5 Å². The Balaban J connectivity index is 2.14. The molecule has 0 aliphatic carbocycles. The first kappa shape index (κ1) is 15.6. The molecule has 2 amide bonds. The lowest BCUT2D eigenvalue weighted by Crippen LogP contribution is -2.33. The summed E-state index contributed by atoms with van der Waals surface area (Å²) in [6.45, 7) is 0.0415. The fourth-order valence-electron chi connectivity index (χ4n) is 2.71. The molecular formula is C16H14BBrN2O3. The van der Waals surface area contributed by atoms with Gasteiger partial charge in [-0.2, -0.15) is 0 Å².